The molecule has 40 heavy (non-hydrogen) atoms. The molecule has 1 N–H and O–H groups in total. The number of halogens is 1. The molecule has 0 radical (unpaired) electrons. The fraction of sp³-hybridized carbons (Fsp3) is 0.276. The standard InChI is InChI=1S/C29H28ClN7O3/c1-19-25(16-33-34-28(19)38)37-17-20-4-2-3-5-24(20)26(37)18-40-23-12-21(13-31-15-23)29(39)36-10-8-35(9-11-36)27-7-6-22(30)14-32-27/h2-7,12-16,26H,8-11,17-18H2,1H3,(H,34,38)/t26-/m1/s1. The van der Waals surface area contributed by atoms with Gasteiger partial charge in [-0.2, -0.15) is 5.10 Å². The van der Waals surface area contributed by atoms with Crippen LogP contribution in [0.4, 0.5) is 11.5 Å². The fourth-order valence-electron chi connectivity index (χ4n) is 5.30. The molecule has 5 heterocycles. The van der Waals surface area contributed by atoms with Gasteiger partial charge in [0.2, 0.25) is 0 Å². The van der Waals surface area contributed by atoms with E-state index in [9.17, 15) is 9.59 Å². The summed E-state index contributed by atoms with van der Waals surface area (Å²) in [5, 5.41) is 7.11. The van der Waals surface area contributed by atoms with Gasteiger partial charge in [-0.25, -0.2) is 10.1 Å². The predicted molar refractivity (Wildman–Crippen MR) is 152 cm³/mol. The lowest BCUT2D eigenvalue weighted by Gasteiger charge is -2.35. The van der Waals surface area contributed by atoms with Crippen LogP contribution in [0, 0.1) is 6.92 Å². The van der Waals surface area contributed by atoms with Gasteiger partial charge < -0.3 is 19.4 Å². The Hall–Kier alpha value is -4.44. The van der Waals surface area contributed by atoms with Gasteiger partial charge in [-0.05, 0) is 36.2 Å². The van der Waals surface area contributed by atoms with Crippen molar-refractivity contribution in [1.82, 2.24) is 25.1 Å². The zero-order chi connectivity index (χ0) is 27.6. The molecule has 0 unspecified atom stereocenters. The van der Waals surface area contributed by atoms with Crippen molar-refractivity contribution < 1.29 is 9.53 Å². The number of carbonyl (C=O) groups is 1. The monoisotopic (exact) mass is 557 g/mol. The molecular formula is C29H28ClN7O3. The summed E-state index contributed by atoms with van der Waals surface area (Å²) in [6.07, 6.45) is 6.50. The number of nitrogens with one attached hydrogen (secondary N) is 1. The van der Waals surface area contributed by atoms with Gasteiger partial charge >= 0.3 is 0 Å². The smallest absolute Gasteiger partial charge is 0.269 e. The first-order valence-electron chi connectivity index (χ1n) is 13.1. The number of aromatic nitrogens is 4. The Morgan fingerprint density at radius 2 is 1.90 bits per heavy atom. The van der Waals surface area contributed by atoms with Gasteiger partial charge in [0.15, 0.2) is 0 Å². The highest BCUT2D eigenvalue weighted by atomic mass is 35.5. The third-order valence-electron chi connectivity index (χ3n) is 7.49. The summed E-state index contributed by atoms with van der Waals surface area (Å²) in [5.41, 5.74) is 3.95. The molecule has 1 aromatic carbocycles. The number of ether oxygens (including phenoxy) is 1. The van der Waals surface area contributed by atoms with Crippen LogP contribution in [0.25, 0.3) is 0 Å². The first-order chi connectivity index (χ1) is 19.5. The van der Waals surface area contributed by atoms with E-state index >= 15 is 0 Å². The second-order valence-electron chi connectivity index (χ2n) is 9.89. The lowest BCUT2D eigenvalue weighted by atomic mass is 10.1. The number of benzene rings is 1. The van der Waals surface area contributed by atoms with E-state index < -0.39 is 0 Å². The minimum Gasteiger partial charge on any atom is -0.489 e. The minimum absolute atomic E-state index is 0.0836. The fourth-order valence-corrected chi connectivity index (χ4v) is 5.41. The van der Waals surface area contributed by atoms with Crippen LogP contribution < -0.4 is 20.1 Å². The first-order valence-corrected chi connectivity index (χ1v) is 13.5. The number of piperazine rings is 1. The van der Waals surface area contributed by atoms with Crippen LogP contribution in [0.2, 0.25) is 5.02 Å². The van der Waals surface area contributed by atoms with Gasteiger partial charge in [0.25, 0.3) is 11.5 Å². The predicted octanol–water partition coefficient (Wildman–Crippen LogP) is 3.62. The van der Waals surface area contributed by atoms with Crippen molar-refractivity contribution in [3.63, 3.8) is 0 Å². The molecule has 10 nitrogen and oxygen atoms in total. The van der Waals surface area contributed by atoms with Gasteiger partial charge in [0.05, 0.1) is 34.7 Å². The van der Waals surface area contributed by atoms with E-state index in [0.29, 0.717) is 61.2 Å². The second-order valence-corrected chi connectivity index (χ2v) is 10.3. The average Bonchev–Trinajstić information content (AvgIpc) is 3.36. The number of aromatic amines is 1. The van der Waals surface area contributed by atoms with Crippen LogP contribution in [0.5, 0.6) is 5.75 Å². The van der Waals surface area contributed by atoms with Crippen LogP contribution in [-0.4, -0.2) is 63.8 Å². The molecule has 0 aliphatic carbocycles. The normalized spacial score (nSPS) is 16.6. The van der Waals surface area contributed by atoms with Crippen LogP contribution in [0.15, 0.2) is 72.0 Å². The average molecular weight is 558 g/mol. The number of H-pyrrole nitrogens is 1. The third-order valence-corrected chi connectivity index (χ3v) is 7.71. The minimum atomic E-state index is -0.214. The topological polar surface area (TPSA) is 108 Å². The molecule has 11 heteroatoms. The largest absolute Gasteiger partial charge is 0.489 e. The maximum absolute atomic E-state index is 13.3. The molecular weight excluding hydrogens is 530 g/mol. The highest BCUT2D eigenvalue weighted by Gasteiger charge is 2.32. The van der Waals surface area contributed by atoms with Crippen molar-refractivity contribution in [2.45, 2.75) is 19.5 Å². The number of amides is 1. The Balaban J connectivity index is 1.14. The Morgan fingerprint density at radius 3 is 2.70 bits per heavy atom. The van der Waals surface area contributed by atoms with Crippen molar-refractivity contribution in [2.24, 2.45) is 0 Å². The molecule has 1 amide bonds. The molecule has 204 valence electrons. The van der Waals surface area contributed by atoms with Crippen molar-refractivity contribution in [3.8, 4) is 5.75 Å². The summed E-state index contributed by atoms with van der Waals surface area (Å²) in [4.78, 5) is 40.3. The number of rotatable bonds is 6. The molecule has 0 saturated carbocycles. The number of hydrogen-bond acceptors (Lipinski definition) is 8. The Kier molecular flexibility index (Phi) is 7.08. The highest BCUT2D eigenvalue weighted by molar-refractivity contribution is 6.30. The SMILES string of the molecule is Cc1c(N2Cc3ccccc3[C@H]2COc2cncc(C(=O)N3CCN(c4ccc(Cl)cn4)CC3)c2)cn[nH]c1=O. The zero-order valence-corrected chi connectivity index (χ0v) is 22.7. The molecule has 6 rings (SSSR count). The molecule has 1 saturated heterocycles. The maximum Gasteiger partial charge on any atom is 0.269 e. The van der Waals surface area contributed by atoms with Crippen LogP contribution >= 0.6 is 11.6 Å². The van der Waals surface area contributed by atoms with E-state index in [1.807, 2.05) is 29.2 Å². The van der Waals surface area contributed by atoms with Gasteiger partial charge in [0, 0.05) is 50.7 Å². The van der Waals surface area contributed by atoms with Gasteiger partial charge in [-0.15, -0.1) is 0 Å². The lowest BCUT2D eigenvalue weighted by Crippen LogP contribution is -2.49. The highest BCUT2D eigenvalue weighted by Crippen LogP contribution is 2.38. The molecule has 2 aliphatic rings. The van der Waals surface area contributed by atoms with Crippen molar-refractivity contribution >= 4 is 29.0 Å². The summed E-state index contributed by atoms with van der Waals surface area (Å²) >= 11 is 5.96. The van der Waals surface area contributed by atoms with Crippen molar-refractivity contribution in [3.05, 3.63) is 105 Å². The van der Waals surface area contributed by atoms with Gasteiger partial charge in [0.1, 0.15) is 18.2 Å². The summed E-state index contributed by atoms with van der Waals surface area (Å²) in [7, 11) is 0. The Morgan fingerprint density at radius 1 is 1.07 bits per heavy atom. The van der Waals surface area contributed by atoms with Gasteiger partial charge in [-0.3, -0.25) is 14.6 Å². The van der Waals surface area contributed by atoms with E-state index in [1.165, 1.54) is 5.56 Å². The number of pyridine rings is 2. The van der Waals surface area contributed by atoms with E-state index in [2.05, 4.69) is 42.1 Å². The van der Waals surface area contributed by atoms with E-state index in [4.69, 9.17) is 16.3 Å². The summed E-state index contributed by atoms with van der Waals surface area (Å²) < 4.78 is 6.22. The lowest BCUT2D eigenvalue weighted by molar-refractivity contribution is 0.0745. The Bertz CT molecular complexity index is 1590. The number of carbonyl (C=O) groups excluding carboxylic acids is 1. The number of fused-ring (bicyclic) bond motifs is 1. The molecule has 1 fully saturated rings. The molecule has 0 spiro atoms. The maximum atomic E-state index is 13.3. The molecule has 1 atom stereocenters. The second kappa shape index (κ2) is 11.0. The molecule has 0 bridgehead atoms. The van der Waals surface area contributed by atoms with Crippen LogP contribution in [-0.2, 0) is 6.54 Å². The van der Waals surface area contributed by atoms with E-state index in [-0.39, 0.29) is 17.5 Å². The van der Waals surface area contributed by atoms with Crippen LogP contribution in [0.1, 0.15) is 33.1 Å². The molecule has 2 aliphatic heterocycles. The summed E-state index contributed by atoms with van der Waals surface area (Å²) in [6.45, 7) is 5.26. The zero-order valence-electron chi connectivity index (χ0n) is 22.0. The number of nitrogens with zero attached hydrogens (tertiary/aromatic N) is 6. The van der Waals surface area contributed by atoms with E-state index in [1.54, 1.807) is 37.8 Å². The third kappa shape index (κ3) is 5.10. The van der Waals surface area contributed by atoms with Crippen molar-refractivity contribution in [1.29, 1.82) is 0 Å². The number of hydrogen-bond donors (Lipinski definition) is 1. The Labute approximate surface area is 236 Å². The van der Waals surface area contributed by atoms with Gasteiger partial charge in [-0.1, -0.05) is 35.9 Å². The summed E-state index contributed by atoms with van der Waals surface area (Å²) in [6, 6.07) is 13.5. The van der Waals surface area contributed by atoms with E-state index in [0.717, 1.165) is 17.1 Å². The van der Waals surface area contributed by atoms with Crippen molar-refractivity contribution in [2.75, 3.05) is 42.6 Å². The quantitative estimate of drug-likeness (QED) is 0.383. The number of anilines is 2. The molecule has 4 aromatic rings. The first kappa shape index (κ1) is 25.8. The molecule has 3 aromatic heterocycles. The van der Waals surface area contributed by atoms with Crippen LogP contribution in [0.3, 0.4) is 0 Å². The summed E-state index contributed by atoms with van der Waals surface area (Å²) in [5.74, 6) is 1.28.